The zero-order valence-corrected chi connectivity index (χ0v) is 12.0. The second-order valence-electron chi connectivity index (χ2n) is 6.28. The molecule has 21 heavy (non-hydrogen) atoms. The van der Waals surface area contributed by atoms with E-state index < -0.39 is 11.7 Å². The Kier molecular flexibility index (Phi) is 3.97. The Morgan fingerprint density at radius 1 is 1.14 bits per heavy atom. The fourth-order valence-electron chi connectivity index (χ4n) is 3.74. The van der Waals surface area contributed by atoms with Crippen molar-refractivity contribution in [1.82, 2.24) is 10.2 Å². The Bertz CT molecular complexity index is 493. The van der Waals surface area contributed by atoms with Crippen LogP contribution >= 0.6 is 0 Å². The minimum absolute atomic E-state index is 0.144. The minimum atomic E-state index is -4.27. The number of nitrogens with one attached hydrogen (secondary N) is 1. The van der Waals surface area contributed by atoms with Gasteiger partial charge in [0.25, 0.3) is 0 Å². The third-order valence-electron chi connectivity index (χ3n) is 4.73. The molecule has 1 aliphatic carbocycles. The highest BCUT2D eigenvalue weighted by molar-refractivity contribution is 5.29. The molecule has 2 aliphatic rings. The summed E-state index contributed by atoms with van der Waals surface area (Å²) in [6.45, 7) is 2.93. The maximum absolute atomic E-state index is 13.1. The number of hydrogen-bond donors (Lipinski definition) is 1. The molecular weight excluding hydrogens is 277 g/mol. The third kappa shape index (κ3) is 3.24. The van der Waals surface area contributed by atoms with Crippen molar-refractivity contribution in [1.29, 1.82) is 0 Å². The van der Waals surface area contributed by atoms with E-state index in [0.29, 0.717) is 12.1 Å². The van der Waals surface area contributed by atoms with Gasteiger partial charge in [0, 0.05) is 31.7 Å². The van der Waals surface area contributed by atoms with E-state index in [0.717, 1.165) is 32.5 Å². The summed E-state index contributed by atoms with van der Waals surface area (Å²) >= 11 is 0. The van der Waals surface area contributed by atoms with Crippen molar-refractivity contribution in [2.75, 3.05) is 19.6 Å². The fourth-order valence-corrected chi connectivity index (χ4v) is 3.74. The first-order valence-electron chi connectivity index (χ1n) is 7.61. The molecule has 0 bridgehead atoms. The van der Waals surface area contributed by atoms with Crippen LogP contribution in [0.5, 0.6) is 0 Å². The van der Waals surface area contributed by atoms with E-state index >= 15 is 0 Å². The third-order valence-corrected chi connectivity index (χ3v) is 4.73. The van der Waals surface area contributed by atoms with Gasteiger partial charge in [-0.1, -0.05) is 31.0 Å². The molecule has 0 aromatic heterocycles. The number of benzene rings is 1. The molecule has 1 N–H and O–H groups in total. The van der Waals surface area contributed by atoms with Gasteiger partial charge in [-0.3, -0.25) is 4.90 Å². The average Bonchev–Trinajstić information content (AvgIpc) is 2.86. The van der Waals surface area contributed by atoms with Crippen LogP contribution in [0.1, 0.15) is 36.8 Å². The predicted octanol–water partition coefficient (Wildman–Crippen LogP) is 3.42. The van der Waals surface area contributed by atoms with Crippen LogP contribution in [0.2, 0.25) is 0 Å². The number of alkyl halides is 3. The summed E-state index contributed by atoms with van der Waals surface area (Å²) < 4.78 is 39.2. The van der Waals surface area contributed by atoms with Gasteiger partial charge < -0.3 is 5.32 Å². The summed E-state index contributed by atoms with van der Waals surface area (Å²) in [7, 11) is 0. The van der Waals surface area contributed by atoms with Gasteiger partial charge in [-0.2, -0.15) is 13.2 Å². The molecular formula is C16H21F3N2. The van der Waals surface area contributed by atoms with E-state index in [4.69, 9.17) is 0 Å². The molecule has 0 amide bonds. The Labute approximate surface area is 123 Å². The van der Waals surface area contributed by atoms with Crippen molar-refractivity contribution in [3.05, 3.63) is 35.4 Å². The Hall–Kier alpha value is -1.07. The standard InChI is InChI=1S/C16H21F3N2/c17-16(18,19)14-6-2-1-5-13(14)11-21-10-9-20-15(12-21)7-3-4-8-15/h1-2,5-6,20H,3-4,7-12H2. The van der Waals surface area contributed by atoms with E-state index in [-0.39, 0.29) is 5.54 Å². The first-order valence-corrected chi connectivity index (χ1v) is 7.61. The van der Waals surface area contributed by atoms with Gasteiger partial charge in [-0.25, -0.2) is 0 Å². The smallest absolute Gasteiger partial charge is 0.309 e. The van der Waals surface area contributed by atoms with Crippen LogP contribution in [0, 0.1) is 0 Å². The van der Waals surface area contributed by atoms with Gasteiger partial charge >= 0.3 is 6.18 Å². The van der Waals surface area contributed by atoms with Crippen molar-refractivity contribution in [3.8, 4) is 0 Å². The fraction of sp³-hybridized carbons (Fsp3) is 0.625. The lowest BCUT2D eigenvalue weighted by atomic mass is 9.94. The quantitative estimate of drug-likeness (QED) is 0.900. The predicted molar refractivity (Wildman–Crippen MR) is 75.9 cm³/mol. The number of halogens is 3. The van der Waals surface area contributed by atoms with E-state index in [2.05, 4.69) is 10.2 Å². The van der Waals surface area contributed by atoms with Crippen LogP contribution < -0.4 is 5.32 Å². The molecule has 1 saturated carbocycles. The molecule has 116 valence electrons. The Balaban J connectivity index is 1.75. The Morgan fingerprint density at radius 3 is 2.57 bits per heavy atom. The molecule has 0 unspecified atom stereocenters. The summed E-state index contributed by atoms with van der Waals surface area (Å²) in [5.74, 6) is 0. The lowest BCUT2D eigenvalue weighted by molar-refractivity contribution is -0.138. The van der Waals surface area contributed by atoms with E-state index in [9.17, 15) is 13.2 Å². The number of hydrogen-bond acceptors (Lipinski definition) is 2. The molecule has 1 heterocycles. The van der Waals surface area contributed by atoms with Crippen LogP contribution in [-0.4, -0.2) is 30.1 Å². The first-order chi connectivity index (χ1) is 9.99. The second kappa shape index (κ2) is 5.61. The highest BCUT2D eigenvalue weighted by atomic mass is 19.4. The SMILES string of the molecule is FC(F)(F)c1ccccc1CN1CCNC2(CCCC2)C1. The van der Waals surface area contributed by atoms with Gasteiger partial charge in [0.2, 0.25) is 0 Å². The molecule has 1 spiro atoms. The zero-order valence-electron chi connectivity index (χ0n) is 12.0. The maximum atomic E-state index is 13.1. The van der Waals surface area contributed by atoms with Gasteiger partial charge in [0.15, 0.2) is 0 Å². The van der Waals surface area contributed by atoms with E-state index in [1.54, 1.807) is 12.1 Å². The van der Waals surface area contributed by atoms with E-state index in [1.165, 1.54) is 25.0 Å². The largest absolute Gasteiger partial charge is 0.416 e. The minimum Gasteiger partial charge on any atom is -0.309 e. The highest BCUT2D eigenvalue weighted by Gasteiger charge is 2.38. The van der Waals surface area contributed by atoms with Crippen molar-refractivity contribution in [2.24, 2.45) is 0 Å². The Morgan fingerprint density at radius 2 is 1.86 bits per heavy atom. The molecule has 1 saturated heterocycles. The van der Waals surface area contributed by atoms with Gasteiger partial charge in [-0.15, -0.1) is 0 Å². The lowest BCUT2D eigenvalue weighted by Gasteiger charge is -2.41. The first kappa shape index (κ1) is 14.9. The average molecular weight is 298 g/mol. The van der Waals surface area contributed by atoms with Gasteiger partial charge in [0.05, 0.1) is 5.56 Å². The molecule has 2 fully saturated rings. The molecule has 5 heteroatoms. The maximum Gasteiger partial charge on any atom is 0.416 e. The normalized spacial score (nSPS) is 22.8. The zero-order chi connectivity index (χ0) is 14.9. The summed E-state index contributed by atoms with van der Waals surface area (Å²) in [6.07, 6.45) is 0.463. The van der Waals surface area contributed by atoms with Crippen LogP contribution in [0.3, 0.4) is 0 Å². The molecule has 1 aliphatic heterocycles. The van der Waals surface area contributed by atoms with Crippen LogP contribution in [-0.2, 0) is 12.7 Å². The number of piperazine rings is 1. The number of rotatable bonds is 2. The number of nitrogens with zero attached hydrogens (tertiary/aromatic N) is 1. The van der Waals surface area contributed by atoms with Crippen molar-refractivity contribution in [3.63, 3.8) is 0 Å². The summed E-state index contributed by atoms with van der Waals surface area (Å²) in [6, 6.07) is 5.94. The van der Waals surface area contributed by atoms with Gasteiger partial charge in [-0.05, 0) is 24.5 Å². The molecule has 1 aromatic carbocycles. The summed E-state index contributed by atoms with van der Waals surface area (Å²) in [4.78, 5) is 2.17. The molecule has 0 atom stereocenters. The van der Waals surface area contributed by atoms with Crippen LogP contribution in [0.15, 0.2) is 24.3 Å². The van der Waals surface area contributed by atoms with Crippen LogP contribution in [0.4, 0.5) is 13.2 Å². The molecule has 1 aromatic rings. The summed E-state index contributed by atoms with van der Waals surface area (Å²) in [5.41, 5.74) is 0.0369. The highest BCUT2D eigenvalue weighted by Crippen LogP contribution is 2.35. The second-order valence-corrected chi connectivity index (χ2v) is 6.28. The lowest BCUT2D eigenvalue weighted by Crippen LogP contribution is -2.58. The topological polar surface area (TPSA) is 15.3 Å². The summed E-state index contributed by atoms with van der Waals surface area (Å²) in [5, 5.41) is 3.59. The van der Waals surface area contributed by atoms with Crippen LogP contribution in [0.25, 0.3) is 0 Å². The van der Waals surface area contributed by atoms with Crippen molar-refractivity contribution < 1.29 is 13.2 Å². The molecule has 3 rings (SSSR count). The van der Waals surface area contributed by atoms with E-state index in [1.807, 2.05) is 0 Å². The van der Waals surface area contributed by atoms with Gasteiger partial charge in [0.1, 0.15) is 0 Å². The molecule has 2 nitrogen and oxygen atoms in total. The van der Waals surface area contributed by atoms with Crippen molar-refractivity contribution in [2.45, 2.75) is 43.9 Å². The molecule has 0 radical (unpaired) electrons. The van der Waals surface area contributed by atoms with Crippen molar-refractivity contribution >= 4 is 0 Å². The monoisotopic (exact) mass is 298 g/mol.